The van der Waals surface area contributed by atoms with Gasteiger partial charge in [0.2, 0.25) is 0 Å². The van der Waals surface area contributed by atoms with Crippen LogP contribution in [0.2, 0.25) is 0 Å². The molecule has 1 aliphatic rings. The van der Waals surface area contributed by atoms with E-state index in [-0.39, 0.29) is 0 Å². The van der Waals surface area contributed by atoms with E-state index in [0.717, 1.165) is 12.2 Å². The van der Waals surface area contributed by atoms with E-state index in [1.54, 1.807) is 7.11 Å². The molecule has 0 amide bonds. The van der Waals surface area contributed by atoms with E-state index in [1.807, 2.05) is 19.2 Å². The number of benzene rings is 1. The molecule has 0 heterocycles. The van der Waals surface area contributed by atoms with Gasteiger partial charge in [-0.05, 0) is 43.4 Å². The fraction of sp³-hybridized carbons (Fsp3) is 0.500. The summed E-state index contributed by atoms with van der Waals surface area (Å²) in [4.78, 5) is 0. The van der Waals surface area contributed by atoms with E-state index < -0.39 is 0 Å². The zero-order valence-corrected chi connectivity index (χ0v) is 10.0. The van der Waals surface area contributed by atoms with Crippen LogP contribution in [0.1, 0.15) is 31.2 Å². The molecule has 0 aromatic heterocycles. The number of hydrogen-bond acceptors (Lipinski definition) is 2. The molecule has 1 aromatic rings. The second-order valence-electron chi connectivity index (χ2n) is 4.29. The zero-order valence-electron chi connectivity index (χ0n) is 10.0. The molecule has 16 heavy (non-hydrogen) atoms. The van der Waals surface area contributed by atoms with Crippen LogP contribution < -0.4 is 4.74 Å². The minimum atomic E-state index is 0.408. The first-order valence-corrected chi connectivity index (χ1v) is 5.85. The van der Waals surface area contributed by atoms with Crippen molar-refractivity contribution in [2.75, 3.05) is 14.2 Å². The highest BCUT2D eigenvalue weighted by Crippen LogP contribution is 2.33. The molecule has 1 saturated carbocycles. The van der Waals surface area contributed by atoms with Crippen LogP contribution in [0.25, 0.3) is 0 Å². The Morgan fingerprint density at radius 1 is 1.12 bits per heavy atom. The molecule has 2 heteroatoms. The van der Waals surface area contributed by atoms with Gasteiger partial charge in [-0.1, -0.05) is 12.1 Å². The number of ether oxygens (including phenoxy) is 2. The standard InChI is InChI=1S/C14H19O2/c1-15-13-8-6-11(7-9-13)12-4-3-5-14(10-12)16-2/h6-9,14H,3-5,10H2,1-2H3. The Labute approximate surface area is 97.6 Å². The molecule has 0 spiro atoms. The molecule has 1 atom stereocenters. The summed E-state index contributed by atoms with van der Waals surface area (Å²) in [6.45, 7) is 0. The van der Waals surface area contributed by atoms with E-state index in [9.17, 15) is 0 Å². The maximum absolute atomic E-state index is 5.44. The topological polar surface area (TPSA) is 18.5 Å². The lowest BCUT2D eigenvalue weighted by Gasteiger charge is -2.28. The van der Waals surface area contributed by atoms with Gasteiger partial charge in [0.15, 0.2) is 0 Å². The highest BCUT2D eigenvalue weighted by molar-refractivity contribution is 5.36. The van der Waals surface area contributed by atoms with Gasteiger partial charge in [-0.15, -0.1) is 0 Å². The Morgan fingerprint density at radius 2 is 1.88 bits per heavy atom. The summed E-state index contributed by atoms with van der Waals surface area (Å²) in [7, 11) is 3.51. The van der Waals surface area contributed by atoms with E-state index in [4.69, 9.17) is 9.47 Å². The summed E-state index contributed by atoms with van der Waals surface area (Å²) >= 11 is 0. The number of methoxy groups -OCH3 is 2. The Bertz CT molecular complexity index is 318. The summed E-state index contributed by atoms with van der Waals surface area (Å²) in [5, 5.41) is 0. The molecule has 0 N–H and O–H groups in total. The lowest BCUT2D eigenvalue weighted by atomic mass is 9.82. The summed E-state index contributed by atoms with van der Waals surface area (Å²) in [6, 6.07) is 8.34. The molecule has 1 aromatic carbocycles. The van der Waals surface area contributed by atoms with Gasteiger partial charge >= 0.3 is 0 Å². The third-order valence-electron chi connectivity index (χ3n) is 3.31. The van der Waals surface area contributed by atoms with E-state index >= 15 is 0 Å². The highest BCUT2D eigenvalue weighted by Gasteiger charge is 2.23. The molecule has 1 aliphatic carbocycles. The van der Waals surface area contributed by atoms with Crippen molar-refractivity contribution in [3.05, 3.63) is 35.7 Å². The first kappa shape index (κ1) is 11.5. The first-order chi connectivity index (χ1) is 7.83. The van der Waals surface area contributed by atoms with Gasteiger partial charge in [-0.25, -0.2) is 0 Å². The van der Waals surface area contributed by atoms with Crippen molar-refractivity contribution in [3.63, 3.8) is 0 Å². The monoisotopic (exact) mass is 219 g/mol. The predicted molar refractivity (Wildman–Crippen MR) is 64.6 cm³/mol. The highest BCUT2D eigenvalue weighted by atomic mass is 16.5. The van der Waals surface area contributed by atoms with Crippen LogP contribution in [0.3, 0.4) is 0 Å². The molecule has 1 fully saturated rings. The molecule has 1 unspecified atom stereocenters. The van der Waals surface area contributed by atoms with Crippen LogP contribution in [0.4, 0.5) is 0 Å². The molecule has 0 bridgehead atoms. The fourth-order valence-electron chi connectivity index (χ4n) is 2.31. The van der Waals surface area contributed by atoms with Gasteiger partial charge in [0, 0.05) is 13.0 Å². The Kier molecular flexibility index (Phi) is 3.83. The SMILES string of the molecule is COc1ccc([C]2CCCC(OC)C2)cc1. The van der Waals surface area contributed by atoms with Crippen molar-refractivity contribution in [3.8, 4) is 5.75 Å². The second-order valence-corrected chi connectivity index (χ2v) is 4.29. The molecule has 2 nitrogen and oxygen atoms in total. The third kappa shape index (κ3) is 2.56. The van der Waals surface area contributed by atoms with Crippen molar-refractivity contribution in [2.24, 2.45) is 0 Å². The molecule has 0 saturated heterocycles. The summed E-state index contributed by atoms with van der Waals surface area (Å²) in [5.41, 5.74) is 1.34. The average Bonchev–Trinajstić information content (AvgIpc) is 2.39. The Morgan fingerprint density at radius 3 is 2.50 bits per heavy atom. The summed E-state index contributed by atoms with van der Waals surface area (Å²) in [5.74, 6) is 2.43. The van der Waals surface area contributed by atoms with Crippen molar-refractivity contribution >= 4 is 0 Å². The minimum Gasteiger partial charge on any atom is -0.497 e. The summed E-state index contributed by atoms with van der Waals surface area (Å²) < 4.78 is 10.6. The minimum absolute atomic E-state index is 0.408. The van der Waals surface area contributed by atoms with Gasteiger partial charge in [0.1, 0.15) is 5.75 Å². The van der Waals surface area contributed by atoms with Crippen molar-refractivity contribution in [2.45, 2.75) is 31.8 Å². The van der Waals surface area contributed by atoms with Gasteiger partial charge < -0.3 is 9.47 Å². The predicted octanol–water partition coefficient (Wildman–Crippen LogP) is 3.21. The van der Waals surface area contributed by atoms with Gasteiger partial charge in [0.05, 0.1) is 13.2 Å². The molecule has 87 valence electrons. The molecule has 1 radical (unpaired) electrons. The number of hydrogen-bond donors (Lipinski definition) is 0. The van der Waals surface area contributed by atoms with Gasteiger partial charge in [-0.2, -0.15) is 0 Å². The van der Waals surface area contributed by atoms with Crippen LogP contribution in [0, 0.1) is 5.92 Å². The third-order valence-corrected chi connectivity index (χ3v) is 3.31. The van der Waals surface area contributed by atoms with Crippen LogP contribution in [0.5, 0.6) is 5.75 Å². The molecular formula is C14H19O2. The Hall–Kier alpha value is -1.02. The van der Waals surface area contributed by atoms with Crippen LogP contribution in [-0.4, -0.2) is 20.3 Å². The van der Waals surface area contributed by atoms with Crippen LogP contribution in [0.15, 0.2) is 24.3 Å². The van der Waals surface area contributed by atoms with Crippen molar-refractivity contribution in [1.29, 1.82) is 0 Å². The van der Waals surface area contributed by atoms with Crippen molar-refractivity contribution in [1.82, 2.24) is 0 Å². The number of rotatable bonds is 3. The molecule has 0 aliphatic heterocycles. The van der Waals surface area contributed by atoms with E-state index in [0.29, 0.717) is 6.10 Å². The average molecular weight is 219 g/mol. The maximum atomic E-state index is 5.44. The van der Waals surface area contributed by atoms with Gasteiger partial charge in [0.25, 0.3) is 0 Å². The van der Waals surface area contributed by atoms with Crippen LogP contribution >= 0.6 is 0 Å². The van der Waals surface area contributed by atoms with Gasteiger partial charge in [-0.3, -0.25) is 0 Å². The van der Waals surface area contributed by atoms with E-state index in [2.05, 4.69) is 12.1 Å². The lowest BCUT2D eigenvalue weighted by molar-refractivity contribution is 0.0791. The largest absolute Gasteiger partial charge is 0.497 e. The zero-order chi connectivity index (χ0) is 11.4. The fourth-order valence-corrected chi connectivity index (χ4v) is 2.31. The van der Waals surface area contributed by atoms with E-state index in [1.165, 1.54) is 30.7 Å². The lowest BCUT2D eigenvalue weighted by Crippen LogP contribution is -2.20. The first-order valence-electron chi connectivity index (χ1n) is 5.85. The van der Waals surface area contributed by atoms with Crippen molar-refractivity contribution < 1.29 is 9.47 Å². The summed E-state index contributed by atoms with van der Waals surface area (Å²) in [6.07, 6.45) is 5.11. The second kappa shape index (κ2) is 5.35. The maximum Gasteiger partial charge on any atom is 0.118 e. The molecular weight excluding hydrogens is 200 g/mol. The quantitative estimate of drug-likeness (QED) is 0.777. The Balaban J connectivity index is 2.05. The normalized spacial score (nSPS) is 22.0. The molecule has 2 rings (SSSR count). The van der Waals surface area contributed by atoms with Crippen LogP contribution in [-0.2, 0) is 4.74 Å². The smallest absolute Gasteiger partial charge is 0.118 e.